The van der Waals surface area contributed by atoms with E-state index < -0.39 is 0 Å². The highest BCUT2D eigenvalue weighted by molar-refractivity contribution is 5.62. The zero-order valence-corrected chi connectivity index (χ0v) is 12.1. The smallest absolute Gasteiger partial charge is 0.123 e. The highest BCUT2D eigenvalue weighted by Gasteiger charge is 2.12. The second-order valence-electron chi connectivity index (χ2n) is 4.77. The molecule has 21 heavy (non-hydrogen) atoms. The number of H-pyrrole nitrogens is 1. The van der Waals surface area contributed by atoms with Crippen LogP contribution in [0.15, 0.2) is 30.5 Å². The molecule has 0 saturated heterocycles. The molecule has 0 fully saturated rings. The van der Waals surface area contributed by atoms with Crippen molar-refractivity contribution in [3.63, 3.8) is 0 Å². The second-order valence-corrected chi connectivity index (χ2v) is 4.77. The summed E-state index contributed by atoms with van der Waals surface area (Å²) >= 11 is 0. The molecule has 1 aromatic heterocycles. The summed E-state index contributed by atoms with van der Waals surface area (Å²) in [6, 6.07) is 6.29. The van der Waals surface area contributed by atoms with Crippen molar-refractivity contribution >= 4 is 0 Å². The molecule has 0 saturated carbocycles. The fraction of sp³-hybridized carbons (Fsp3) is 0.400. The summed E-state index contributed by atoms with van der Waals surface area (Å²) in [5.41, 5.74) is 2.76. The van der Waals surface area contributed by atoms with Crippen LogP contribution in [0.3, 0.4) is 0 Å². The summed E-state index contributed by atoms with van der Waals surface area (Å²) in [5.74, 6) is -0.262. The van der Waals surface area contributed by atoms with E-state index in [1.165, 1.54) is 12.1 Å². The van der Waals surface area contributed by atoms with Gasteiger partial charge in [0.25, 0.3) is 0 Å². The molecule has 1 heterocycles. The summed E-state index contributed by atoms with van der Waals surface area (Å²) < 4.78 is 18.1. The van der Waals surface area contributed by atoms with E-state index in [1.807, 2.05) is 0 Å². The number of benzene rings is 1. The molecule has 0 radical (unpaired) electrons. The van der Waals surface area contributed by atoms with Crippen molar-refractivity contribution in [2.24, 2.45) is 0 Å². The van der Waals surface area contributed by atoms with E-state index in [4.69, 9.17) is 9.84 Å². The van der Waals surface area contributed by atoms with Gasteiger partial charge in [0.2, 0.25) is 0 Å². The zero-order chi connectivity index (χ0) is 15.1. The fourth-order valence-corrected chi connectivity index (χ4v) is 2.17. The van der Waals surface area contributed by atoms with Gasteiger partial charge in [-0.05, 0) is 24.3 Å². The Balaban J connectivity index is 2.13. The van der Waals surface area contributed by atoms with E-state index in [9.17, 15) is 4.39 Å². The van der Waals surface area contributed by atoms with Gasteiger partial charge in [-0.1, -0.05) is 0 Å². The molecule has 2 rings (SSSR count). The molecule has 0 aliphatic heterocycles. The van der Waals surface area contributed by atoms with Crippen molar-refractivity contribution in [3.05, 3.63) is 41.8 Å². The van der Waals surface area contributed by atoms with Crippen LogP contribution in [0.25, 0.3) is 11.3 Å². The Bertz CT molecular complexity index is 542. The van der Waals surface area contributed by atoms with E-state index in [0.29, 0.717) is 19.7 Å². The number of hydrogen-bond donors (Lipinski definition) is 2. The highest BCUT2D eigenvalue weighted by Crippen LogP contribution is 2.22. The first kappa shape index (κ1) is 15.6. The van der Waals surface area contributed by atoms with Crippen LogP contribution < -0.4 is 0 Å². The molecule has 0 bridgehead atoms. The molecule has 0 amide bonds. The number of halogens is 1. The van der Waals surface area contributed by atoms with Crippen LogP contribution in [0.2, 0.25) is 0 Å². The number of nitrogens with zero attached hydrogens (tertiary/aromatic N) is 2. The average Bonchev–Trinajstić information content (AvgIpc) is 2.94. The number of nitrogens with one attached hydrogen (secondary N) is 1. The van der Waals surface area contributed by atoms with Gasteiger partial charge < -0.3 is 9.84 Å². The Kier molecular flexibility index (Phi) is 5.86. The van der Waals surface area contributed by atoms with Crippen LogP contribution in [-0.4, -0.2) is 53.6 Å². The van der Waals surface area contributed by atoms with Gasteiger partial charge in [0, 0.05) is 37.9 Å². The molecule has 2 aromatic rings. The van der Waals surface area contributed by atoms with Gasteiger partial charge in [0.05, 0.1) is 25.1 Å². The maximum Gasteiger partial charge on any atom is 0.123 e. The molecule has 5 nitrogen and oxygen atoms in total. The van der Waals surface area contributed by atoms with E-state index in [0.717, 1.165) is 23.4 Å². The largest absolute Gasteiger partial charge is 0.395 e. The van der Waals surface area contributed by atoms with Crippen molar-refractivity contribution in [3.8, 4) is 11.3 Å². The summed E-state index contributed by atoms with van der Waals surface area (Å²) in [7, 11) is 1.65. The predicted octanol–water partition coefficient (Wildman–Crippen LogP) is 1.66. The second kappa shape index (κ2) is 7.87. The van der Waals surface area contributed by atoms with Crippen LogP contribution in [-0.2, 0) is 11.3 Å². The van der Waals surface area contributed by atoms with Gasteiger partial charge in [-0.15, -0.1) is 0 Å². The van der Waals surface area contributed by atoms with E-state index in [-0.39, 0.29) is 12.4 Å². The lowest BCUT2D eigenvalue weighted by Gasteiger charge is -2.20. The Morgan fingerprint density at radius 3 is 2.71 bits per heavy atom. The Hall–Kier alpha value is -1.76. The summed E-state index contributed by atoms with van der Waals surface area (Å²) in [5, 5.41) is 16.2. The monoisotopic (exact) mass is 293 g/mol. The minimum Gasteiger partial charge on any atom is -0.395 e. The van der Waals surface area contributed by atoms with Gasteiger partial charge in [-0.2, -0.15) is 5.10 Å². The number of aliphatic hydroxyl groups is 1. The zero-order valence-electron chi connectivity index (χ0n) is 12.1. The molecule has 0 aliphatic rings. The quantitative estimate of drug-likeness (QED) is 0.777. The molecular formula is C15H20FN3O2. The number of aromatic amines is 1. The van der Waals surface area contributed by atoms with Gasteiger partial charge in [-0.25, -0.2) is 4.39 Å². The Morgan fingerprint density at radius 2 is 2.05 bits per heavy atom. The number of aliphatic hydroxyl groups excluding tert-OH is 1. The summed E-state index contributed by atoms with van der Waals surface area (Å²) in [4.78, 5) is 2.08. The van der Waals surface area contributed by atoms with Gasteiger partial charge in [0.1, 0.15) is 5.82 Å². The number of aromatic nitrogens is 2. The van der Waals surface area contributed by atoms with Crippen LogP contribution in [0.4, 0.5) is 4.39 Å². The van der Waals surface area contributed by atoms with Gasteiger partial charge in [0.15, 0.2) is 0 Å². The average molecular weight is 293 g/mol. The molecule has 0 unspecified atom stereocenters. The number of methoxy groups -OCH3 is 1. The highest BCUT2D eigenvalue weighted by atomic mass is 19.1. The van der Waals surface area contributed by atoms with Crippen molar-refractivity contribution in [1.82, 2.24) is 15.1 Å². The lowest BCUT2D eigenvalue weighted by molar-refractivity contribution is 0.127. The lowest BCUT2D eigenvalue weighted by atomic mass is 10.1. The molecular weight excluding hydrogens is 273 g/mol. The normalized spacial score (nSPS) is 11.2. The van der Waals surface area contributed by atoms with E-state index >= 15 is 0 Å². The summed E-state index contributed by atoms with van der Waals surface area (Å²) in [6.07, 6.45) is 1.76. The van der Waals surface area contributed by atoms with Crippen LogP contribution in [0, 0.1) is 5.82 Å². The molecule has 1 aromatic carbocycles. The van der Waals surface area contributed by atoms with Crippen molar-refractivity contribution < 1.29 is 14.2 Å². The molecule has 0 atom stereocenters. The third-order valence-corrected chi connectivity index (χ3v) is 3.27. The summed E-state index contributed by atoms with van der Waals surface area (Å²) in [6.45, 7) is 2.63. The third-order valence-electron chi connectivity index (χ3n) is 3.27. The van der Waals surface area contributed by atoms with E-state index in [2.05, 4.69) is 15.1 Å². The molecule has 114 valence electrons. The number of ether oxygens (including phenoxy) is 1. The molecule has 6 heteroatoms. The van der Waals surface area contributed by atoms with Gasteiger partial charge >= 0.3 is 0 Å². The third kappa shape index (κ3) is 4.35. The fourth-order valence-electron chi connectivity index (χ4n) is 2.17. The Labute approximate surface area is 123 Å². The molecule has 0 spiro atoms. The molecule has 2 N–H and O–H groups in total. The lowest BCUT2D eigenvalue weighted by Crippen LogP contribution is -2.29. The first-order valence-corrected chi connectivity index (χ1v) is 6.85. The standard InChI is InChI=1S/C15H20FN3O2/c1-21-9-7-19(6-8-20)11-13-10-17-18-15(13)12-2-4-14(16)5-3-12/h2-5,10,20H,6-9,11H2,1H3,(H,17,18). The van der Waals surface area contributed by atoms with Crippen LogP contribution in [0.1, 0.15) is 5.56 Å². The van der Waals surface area contributed by atoms with Crippen LogP contribution >= 0.6 is 0 Å². The SMILES string of the molecule is COCCN(CCO)Cc1cn[nH]c1-c1ccc(F)cc1. The van der Waals surface area contributed by atoms with Crippen molar-refractivity contribution in [2.45, 2.75) is 6.54 Å². The maximum absolute atomic E-state index is 13.0. The number of rotatable bonds is 8. The topological polar surface area (TPSA) is 61.4 Å². The predicted molar refractivity (Wildman–Crippen MR) is 78.2 cm³/mol. The van der Waals surface area contributed by atoms with Crippen molar-refractivity contribution in [2.75, 3.05) is 33.4 Å². The maximum atomic E-state index is 13.0. The number of hydrogen-bond acceptors (Lipinski definition) is 4. The minimum atomic E-state index is -0.262. The van der Waals surface area contributed by atoms with Crippen LogP contribution in [0.5, 0.6) is 0 Å². The first-order valence-electron chi connectivity index (χ1n) is 6.85. The van der Waals surface area contributed by atoms with Gasteiger partial charge in [-0.3, -0.25) is 10.00 Å². The molecule has 0 aliphatic carbocycles. The minimum absolute atomic E-state index is 0.0907. The van der Waals surface area contributed by atoms with Crippen molar-refractivity contribution in [1.29, 1.82) is 0 Å². The van der Waals surface area contributed by atoms with E-state index in [1.54, 1.807) is 25.4 Å². The Morgan fingerprint density at radius 1 is 1.29 bits per heavy atom. The first-order chi connectivity index (χ1) is 10.2.